The largest absolute Gasteiger partial charge is 0.441 e. The van der Waals surface area contributed by atoms with Gasteiger partial charge in [-0.1, -0.05) is 29.8 Å². The summed E-state index contributed by atoms with van der Waals surface area (Å²) < 4.78 is 5.40. The lowest BCUT2D eigenvalue weighted by atomic mass is 10.0. The van der Waals surface area contributed by atoms with Gasteiger partial charge in [0.15, 0.2) is 17.3 Å². The van der Waals surface area contributed by atoms with Crippen molar-refractivity contribution in [1.82, 2.24) is 4.98 Å². The van der Waals surface area contributed by atoms with Gasteiger partial charge in [-0.25, -0.2) is 4.98 Å². The predicted octanol–water partition coefficient (Wildman–Crippen LogP) is 4.05. The van der Waals surface area contributed by atoms with E-state index in [1.165, 1.54) is 0 Å². The molecule has 1 aromatic heterocycles. The SMILES string of the molecule is Cc1ccc(C(=O)CCC(=O)Nc2ccc3oc(C)nc3c2)cc1. The molecule has 5 heteroatoms. The summed E-state index contributed by atoms with van der Waals surface area (Å²) in [6.45, 7) is 3.74. The third-order valence-electron chi connectivity index (χ3n) is 3.73. The molecule has 3 rings (SSSR count). The normalized spacial score (nSPS) is 10.8. The van der Waals surface area contributed by atoms with E-state index < -0.39 is 0 Å². The molecule has 0 fully saturated rings. The fourth-order valence-electron chi connectivity index (χ4n) is 2.45. The van der Waals surface area contributed by atoms with Gasteiger partial charge in [-0.15, -0.1) is 0 Å². The van der Waals surface area contributed by atoms with Gasteiger partial charge in [-0.05, 0) is 25.1 Å². The first-order valence-electron chi connectivity index (χ1n) is 7.78. The molecule has 1 heterocycles. The Hall–Kier alpha value is -2.95. The number of aromatic nitrogens is 1. The highest BCUT2D eigenvalue weighted by Gasteiger charge is 2.10. The van der Waals surface area contributed by atoms with E-state index in [0.717, 1.165) is 5.56 Å². The molecular weight excluding hydrogens is 304 g/mol. The number of aryl methyl sites for hydroxylation is 2. The van der Waals surface area contributed by atoms with Crippen molar-refractivity contribution in [3.63, 3.8) is 0 Å². The Balaban J connectivity index is 1.58. The molecule has 0 spiro atoms. The number of anilines is 1. The second kappa shape index (κ2) is 6.66. The van der Waals surface area contributed by atoms with E-state index in [1.807, 2.05) is 19.1 Å². The van der Waals surface area contributed by atoms with Gasteiger partial charge in [-0.3, -0.25) is 9.59 Å². The third kappa shape index (κ3) is 3.68. The quantitative estimate of drug-likeness (QED) is 0.719. The molecule has 0 saturated heterocycles. The highest BCUT2D eigenvalue weighted by Crippen LogP contribution is 2.20. The van der Waals surface area contributed by atoms with E-state index >= 15 is 0 Å². The number of Topliss-reactive ketones (excluding diaryl/α,β-unsaturated/α-hetero) is 1. The van der Waals surface area contributed by atoms with Gasteiger partial charge >= 0.3 is 0 Å². The summed E-state index contributed by atoms with van der Waals surface area (Å²) in [6.07, 6.45) is 0.322. The van der Waals surface area contributed by atoms with Crippen LogP contribution in [0.4, 0.5) is 5.69 Å². The van der Waals surface area contributed by atoms with Gasteiger partial charge in [0.25, 0.3) is 0 Å². The number of hydrogen-bond acceptors (Lipinski definition) is 4. The van der Waals surface area contributed by atoms with Crippen molar-refractivity contribution >= 4 is 28.5 Å². The molecule has 5 nitrogen and oxygen atoms in total. The van der Waals surface area contributed by atoms with Gasteiger partial charge in [0.2, 0.25) is 5.91 Å². The van der Waals surface area contributed by atoms with Crippen LogP contribution in [0.1, 0.15) is 34.7 Å². The zero-order valence-electron chi connectivity index (χ0n) is 13.6. The summed E-state index contributed by atoms with van der Waals surface area (Å²) >= 11 is 0. The lowest BCUT2D eigenvalue weighted by Gasteiger charge is -2.05. The van der Waals surface area contributed by atoms with Gasteiger partial charge in [0.05, 0.1) is 0 Å². The van der Waals surface area contributed by atoms with Crippen LogP contribution in [0.2, 0.25) is 0 Å². The van der Waals surface area contributed by atoms with Crippen LogP contribution in [0, 0.1) is 13.8 Å². The average Bonchev–Trinajstić information content (AvgIpc) is 2.92. The van der Waals surface area contributed by atoms with Crippen LogP contribution in [0.5, 0.6) is 0 Å². The summed E-state index contributed by atoms with van der Waals surface area (Å²) in [6, 6.07) is 12.6. The number of oxazole rings is 1. The van der Waals surface area contributed by atoms with E-state index in [-0.39, 0.29) is 24.5 Å². The lowest BCUT2D eigenvalue weighted by molar-refractivity contribution is -0.116. The van der Waals surface area contributed by atoms with Crippen LogP contribution in [-0.2, 0) is 4.79 Å². The molecule has 122 valence electrons. The molecule has 0 aliphatic carbocycles. The Morgan fingerprint density at radius 2 is 1.79 bits per heavy atom. The standard InChI is InChI=1S/C19H18N2O3/c1-12-3-5-14(6-4-12)17(22)8-10-19(23)21-15-7-9-18-16(11-15)20-13(2)24-18/h3-7,9,11H,8,10H2,1-2H3,(H,21,23). The predicted molar refractivity (Wildman–Crippen MR) is 92.1 cm³/mol. The van der Waals surface area contributed by atoms with Crippen molar-refractivity contribution in [2.24, 2.45) is 0 Å². The fourth-order valence-corrected chi connectivity index (χ4v) is 2.45. The topological polar surface area (TPSA) is 72.2 Å². The number of fused-ring (bicyclic) bond motifs is 1. The maximum Gasteiger partial charge on any atom is 0.224 e. The van der Waals surface area contributed by atoms with Crippen molar-refractivity contribution in [2.45, 2.75) is 26.7 Å². The smallest absolute Gasteiger partial charge is 0.224 e. The number of amides is 1. The third-order valence-corrected chi connectivity index (χ3v) is 3.73. The molecule has 2 aromatic carbocycles. The highest BCUT2D eigenvalue weighted by molar-refractivity contribution is 6.00. The zero-order chi connectivity index (χ0) is 17.1. The van der Waals surface area contributed by atoms with Crippen LogP contribution < -0.4 is 5.32 Å². The number of hydrogen-bond donors (Lipinski definition) is 1. The van der Waals surface area contributed by atoms with Crippen molar-refractivity contribution < 1.29 is 14.0 Å². The lowest BCUT2D eigenvalue weighted by Crippen LogP contribution is -2.13. The van der Waals surface area contributed by atoms with Crippen LogP contribution in [0.3, 0.4) is 0 Å². The number of rotatable bonds is 5. The first-order chi connectivity index (χ1) is 11.5. The zero-order valence-corrected chi connectivity index (χ0v) is 13.6. The van der Waals surface area contributed by atoms with Crippen molar-refractivity contribution in [3.8, 4) is 0 Å². The molecular formula is C19H18N2O3. The summed E-state index contributed by atoms with van der Waals surface area (Å²) in [5.74, 6) is 0.347. The molecule has 1 amide bonds. The minimum atomic E-state index is -0.199. The Morgan fingerprint density at radius 1 is 1.04 bits per heavy atom. The van der Waals surface area contributed by atoms with Gasteiger partial charge in [0, 0.05) is 31.0 Å². The summed E-state index contributed by atoms with van der Waals surface area (Å²) in [5.41, 5.74) is 3.75. The summed E-state index contributed by atoms with van der Waals surface area (Å²) in [7, 11) is 0. The molecule has 0 aliphatic heterocycles. The van der Waals surface area contributed by atoms with E-state index in [1.54, 1.807) is 37.3 Å². The van der Waals surface area contributed by atoms with Gasteiger partial charge in [0.1, 0.15) is 5.52 Å². The number of nitrogens with zero attached hydrogens (tertiary/aromatic N) is 1. The van der Waals surface area contributed by atoms with Crippen LogP contribution in [-0.4, -0.2) is 16.7 Å². The van der Waals surface area contributed by atoms with Crippen molar-refractivity contribution in [3.05, 3.63) is 59.5 Å². The van der Waals surface area contributed by atoms with Crippen LogP contribution in [0.15, 0.2) is 46.9 Å². The Bertz CT molecular complexity index is 895. The monoisotopic (exact) mass is 322 g/mol. The Labute approximate surface area is 139 Å². The van der Waals surface area contributed by atoms with E-state index in [9.17, 15) is 9.59 Å². The summed E-state index contributed by atoms with van der Waals surface area (Å²) in [4.78, 5) is 28.4. The molecule has 0 radical (unpaired) electrons. The maximum atomic E-state index is 12.1. The minimum absolute atomic E-state index is 0.0345. The molecule has 24 heavy (non-hydrogen) atoms. The molecule has 0 saturated carbocycles. The number of ketones is 1. The molecule has 3 aromatic rings. The number of benzene rings is 2. The van der Waals surface area contributed by atoms with Crippen LogP contribution >= 0.6 is 0 Å². The molecule has 0 unspecified atom stereocenters. The number of carbonyl (C=O) groups excluding carboxylic acids is 2. The molecule has 0 atom stereocenters. The van der Waals surface area contributed by atoms with Crippen molar-refractivity contribution in [2.75, 3.05) is 5.32 Å². The molecule has 1 N–H and O–H groups in total. The Morgan fingerprint density at radius 3 is 2.54 bits per heavy atom. The van der Waals surface area contributed by atoms with E-state index in [4.69, 9.17) is 4.42 Å². The molecule has 0 aliphatic rings. The first-order valence-corrected chi connectivity index (χ1v) is 7.78. The fraction of sp³-hybridized carbons (Fsp3) is 0.211. The van der Waals surface area contributed by atoms with E-state index in [2.05, 4.69) is 10.3 Å². The number of carbonyl (C=O) groups is 2. The van der Waals surface area contributed by atoms with E-state index in [0.29, 0.717) is 28.2 Å². The first kappa shape index (κ1) is 15.9. The Kier molecular flexibility index (Phi) is 4.42. The van der Waals surface area contributed by atoms with Crippen molar-refractivity contribution in [1.29, 1.82) is 0 Å². The van der Waals surface area contributed by atoms with Gasteiger partial charge < -0.3 is 9.73 Å². The summed E-state index contributed by atoms with van der Waals surface area (Å²) in [5, 5.41) is 2.79. The second-order valence-corrected chi connectivity index (χ2v) is 5.75. The minimum Gasteiger partial charge on any atom is -0.441 e. The van der Waals surface area contributed by atoms with Gasteiger partial charge in [-0.2, -0.15) is 0 Å². The maximum absolute atomic E-state index is 12.1. The second-order valence-electron chi connectivity index (χ2n) is 5.75. The number of nitrogens with one attached hydrogen (secondary N) is 1. The van der Waals surface area contributed by atoms with Crippen LogP contribution in [0.25, 0.3) is 11.1 Å². The molecule has 0 bridgehead atoms. The highest BCUT2D eigenvalue weighted by atomic mass is 16.3. The average molecular weight is 322 g/mol.